The number of aliphatic hydroxyl groups is 1. The van der Waals surface area contributed by atoms with Gasteiger partial charge in [-0.15, -0.1) is 0 Å². The first-order chi connectivity index (χ1) is 16.0. The second-order valence-corrected chi connectivity index (χ2v) is 9.69. The van der Waals surface area contributed by atoms with Crippen molar-refractivity contribution in [2.75, 3.05) is 26.7 Å². The third-order valence-corrected chi connectivity index (χ3v) is 7.58. The molecule has 1 spiro atoms. The van der Waals surface area contributed by atoms with Gasteiger partial charge in [-0.1, -0.05) is 30.3 Å². The van der Waals surface area contributed by atoms with Gasteiger partial charge in [0.05, 0.1) is 11.7 Å². The Labute approximate surface area is 194 Å². The number of hydrogen-bond acceptors (Lipinski definition) is 5. The van der Waals surface area contributed by atoms with Gasteiger partial charge >= 0.3 is 0 Å². The molecule has 33 heavy (non-hydrogen) atoms. The fraction of sp³-hybridized carbons (Fsp3) is 0.444. The number of amides is 1. The summed E-state index contributed by atoms with van der Waals surface area (Å²) in [5, 5.41) is 23.9. The Morgan fingerprint density at radius 2 is 1.88 bits per heavy atom. The van der Waals surface area contributed by atoms with Crippen LogP contribution in [0.5, 0.6) is 5.75 Å². The number of aliphatic hydroxyl groups excluding tert-OH is 1. The number of nitrogens with zero attached hydrogens (tertiary/aromatic N) is 1. The molecule has 6 heteroatoms. The Kier molecular flexibility index (Phi) is 5.89. The van der Waals surface area contributed by atoms with Crippen molar-refractivity contribution in [2.45, 2.75) is 44.6 Å². The van der Waals surface area contributed by atoms with Crippen molar-refractivity contribution in [3.63, 3.8) is 0 Å². The number of aromatic hydroxyl groups is 1. The van der Waals surface area contributed by atoms with Crippen LogP contribution in [-0.2, 0) is 6.42 Å². The van der Waals surface area contributed by atoms with E-state index < -0.39 is 0 Å². The lowest BCUT2D eigenvalue weighted by Gasteiger charge is -2.50. The number of aryl methyl sites for hydroxylation is 1. The zero-order valence-corrected chi connectivity index (χ0v) is 19.1. The summed E-state index contributed by atoms with van der Waals surface area (Å²) in [7, 11) is 1.61. The van der Waals surface area contributed by atoms with Crippen LogP contribution < -0.4 is 5.32 Å². The standard InChI is InChI=1S/C27H32N2O4/c1-28-26(32)24-23-20(8-5-13-29-14-11-27(12-15-29)16-19(30)17-27)21(31)9-10-22(23)33-25(24)18-6-3-2-4-7-18/h2-4,6-7,9-10,19,30-31H,5,8,11-17H2,1H3,(H,28,32). The zero-order chi connectivity index (χ0) is 23.0. The van der Waals surface area contributed by atoms with Crippen LogP contribution in [-0.4, -0.2) is 53.8 Å². The minimum Gasteiger partial charge on any atom is -0.508 e. The van der Waals surface area contributed by atoms with E-state index in [1.165, 1.54) is 0 Å². The monoisotopic (exact) mass is 448 g/mol. The van der Waals surface area contributed by atoms with E-state index in [-0.39, 0.29) is 17.8 Å². The maximum atomic E-state index is 12.9. The molecule has 174 valence electrons. The molecule has 0 radical (unpaired) electrons. The van der Waals surface area contributed by atoms with Gasteiger partial charge in [0.1, 0.15) is 17.1 Å². The van der Waals surface area contributed by atoms with Crippen LogP contribution in [0.25, 0.3) is 22.3 Å². The molecule has 0 bridgehead atoms. The minimum atomic E-state index is -0.219. The molecule has 2 aromatic carbocycles. The number of phenols is 1. The molecular weight excluding hydrogens is 416 g/mol. The van der Waals surface area contributed by atoms with E-state index in [1.54, 1.807) is 19.2 Å². The molecule has 1 aliphatic heterocycles. The van der Waals surface area contributed by atoms with E-state index in [9.17, 15) is 15.0 Å². The van der Waals surface area contributed by atoms with Crippen molar-refractivity contribution in [1.29, 1.82) is 0 Å². The Morgan fingerprint density at radius 1 is 1.15 bits per heavy atom. The Morgan fingerprint density at radius 3 is 2.55 bits per heavy atom. The summed E-state index contributed by atoms with van der Waals surface area (Å²) in [5.74, 6) is 0.512. The van der Waals surface area contributed by atoms with Crippen molar-refractivity contribution in [1.82, 2.24) is 10.2 Å². The molecular formula is C27H32N2O4. The van der Waals surface area contributed by atoms with Crippen LogP contribution in [0.4, 0.5) is 0 Å². The van der Waals surface area contributed by atoms with Crippen molar-refractivity contribution in [3.8, 4) is 17.1 Å². The fourth-order valence-electron chi connectivity index (χ4n) is 5.72. The molecule has 3 N–H and O–H groups in total. The average molecular weight is 449 g/mol. The van der Waals surface area contributed by atoms with Crippen LogP contribution in [0.2, 0.25) is 0 Å². The molecule has 0 atom stereocenters. The summed E-state index contributed by atoms with van der Waals surface area (Å²) in [6.07, 6.45) is 5.71. The molecule has 2 aliphatic rings. The quantitative estimate of drug-likeness (QED) is 0.522. The number of furan rings is 1. The molecule has 2 heterocycles. The van der Waals surface area contributed by atoms with Gasteiger partial charge < -0.3 is 24.8 Å². The highest BCUT2D eigenvalue weighted by molar-refractivity contribution is 6.12. The second kappa shape index (κ2) is 8.84. The van der Waals surface area contributed by atoms with Crippen LogP contribution in [0.15, 0.2) is 46.9 Å². The van der Waals surface area contributed by atoms with E-state index in [0.717, 1.165) is 62.9 Å². The largest absolute Gasteiger partial charge is 0.508 e. The molecule has 1 aromatic heterocycles. The van der Waals surface area contributed by atoms with Crippen molar-refractivity contribution in [2.24, 2.45) is 5.41 Å². The maximum Gasteiger partial charge on any atom is 0.255 e. The number of fused-ring (bicyclic) bond motifs is 1. The Hall–Kier alpha value is -2.83. The van der Waals surface area contributed by atoms with Crippen molar-refractivity contribution in [3.05, 3.63) is 53.6 Å². The number of benzene rings is 2. The lowest BCUT2D eigenvalue weighted by molar-refractivity contribution is -0.0679. The second-order valence-electron chi connectivity index (χ2n) is 9.69. The lowest BCUT2D eigenvalue weighted by Crippen LogP contribution is -2.49. The van der Waals surface area contributed by atoms with Gasteiger partial charge in [-0.25, -0.2) is 0 Å². The van der Waals surface area contributed by atoms with Crippen molar-refractivity contribution >= 4 is 16.9 Å². The van der Waals surface area contributed by atoms with Crippen LogP contribution in [0.3, 0.4) is 0 Å². The first kappa shape index (κ1) is 22.0. The van der Waals surface area contributed by atoms with Crippen molar-refractivity contribution < 1.29 is 19.4 Å². The molecule has 3 aromatic rings. The highest BCUT2D eigenvalue weighted by atomic mass is 16.3. The molecule has 1 saturated carbocycles. The van der Waals surface area contributed by atoms with Gasteiger partial charge in [0, 0.05) is 23.6 Å². The summed E-state index contributed by atoms with van der Waals surface area (Å²) in [4.78, 5) is 15.4. The molecule has 0 unspecified atom stereocenters. The minimum absolute atomic E-state index is 0.0923. The van der Waals surface area contributed by atoms with Crippen LogP contribution in [0, 0.1) is 5.41 Å². The van der Waals surface area contributed by atoms with Gasteiger partial charge in [-0.2, -0.15) is 0 Å². The van der Waals surface area contributed by atoms with Gasteiger partial charge in [-0.05, 0) is 75.7 Å². The number of nitrogens with one attached hydrogen (secondary N) is 1. The fourth-order valence-corrected chi connectivity index (χ4v) is 5.72. The molecule has 2 fully saturated rings. The molecule has 1 saturated heterocycles. The van der Waals surface area contributed by atoms with Gasteiger partial charge in [0.15, 0.2) is 0 Å². The summed E-state index contributed by atoms with van der Waals surface area (Å²) >= 11 is 0. The number of hydrogen-bond donors (Lipinski definition) is 3. The van der Waals surface area contributed by atoms with Gasteiger partial charge in [0.2, 0.25) is 0 Å². The summed E-state index contributed by atoms with van der Waals surface area (Å²) < 4.78 is 6.15. The number of carbonyl (C=O) groups excluding carboxylic acids is 1. The van der Waals surface area contributed by atoms with Gasteiger partial charge in [0.25, 0.3) is 5.91 Å². The lowest BCUT2D eigenvalue weighted by atomic mass is 9.61. The normalized spacial score (nSPS) is 18.5. The SMILES string of the molecule is CNC(=O)c1c(-c2ccccc2)oc2ccc(O)c(CCCN3CCC4(CC3)CC(O)C4)c12. The first-order valence-electron chi connectivity index (χ1n) is 11.9. The zero-order valence-electron chi connectivity index (χ0n) is 19.1. The Bertz CT molecular complexity index is 1140. The average Bonchev–Trinajstić information content (AvgIpc) is 3.21. The summed E-state index contributed by atoms with van der Waals surface area (Å²) in [6, 6.07) is 13.0. The van der Waals surface area contributed by atoms with Crippen LogP contribution in [0.1, 0.15) is 48.0 Å². The Balaban J connectivity index is 1.37. The number of carbonyl (C=O) groups is 1. The maximum absolute atomic E-state index is 12.9. The van der Waals surface area contributed by atoms with E-state index in [2.05, 4.69) is 10.2 Å². The van der Waals surface area contributed by atoms with E-state index in [1.807, 2.05) is 30.3 Å². The number of likely N-dealkylation sites (tertiary alicyclic amines) is 1. The molecule has 1 aliphatic carbocycles. The third kappa shape index (κ3) is 4.13. The molecule has 1 amide bonds. The van der Waals surface area contributed by atoms with Crippen LogP contribution >= 0.6 is 0 Å². The summed E-state index contributed by atoms with van der Waals surface area (Å²) in [6.45, 7) is 3.08. The topological polar surface area (TPSA) is 85.9 Å². The predicted molar refractivity (Wildman–Crippen MR) is 128 cm³/mol. The van der Waals surface area contributed by atoms with E-state index in [4.69, 9.17) is 4.42 Å². The van der Waals surface area contributed by atoms with Gasteiger partial charge in [-0.3, -0.25) is 4.79 Å². The van der Waals surface area contributed by atoms with E-state index in [0.29, 0.717) is 34.1 Å². The highest BCUT2D eigenvalue weighted by Crippen LogP contribution is 2.49. The highest BCUT2D eigenvalue weighted by Gasteiger charge is 2.44. The predicted octanol–water partition coefficient (Wildman–Crippen LogP) is 4.33. The molecule has 5 rings (SSSR count). The molecule has 6 nitrogen and oxygen atoms in total. The number of phenolic OH excluding ortho intramolecular Hbond substituents is 1. The third-order valence-electron chi connectivity index (χ3n) is 7.58. The summed E-state index contributed by atoms with van der Waals surface area (Å²) in [5.41, 5.74) is 3.08. The van der Waals surface area contributed by atoms with E-state index >= 15 is 0 Å². The number of piperidine rings is 1. The smallest absolute Gasteiger partial charge is 0.255 e. The first-order valence-corrected chi connectivity index (χ1v) is 11.9. The number of rotatable bonds is 6.